The molecule has 0 aromatic heterocycles. The van der Waals surface area contributed by atoms with Crippen molar-refractivity contribution in [2.45, 2.75) is 52.4 Å². The van der Waals surface area contributed by atoms with Crippen molar-refractivity contribution in [1.82, 2.24) is 0 Å². The lowest BCUT2D eigenvalue weighted by atomic mass is 9.73. The summed E-state index contributed by atoms with van der Waals surface area (Å²) in [4.78, 5) is 13.0. The molecule has 1 saturated carbocycles. The van der Waals surface area contributed by atoms with Gasteiger partial charge in [-0.3, -0.25) is 4.79 Å². The average molecular weight is 309 g/mol. The number of carbonyl (C=O) groups is 1. The zero-order chi connectivity index (χ0) is 15.5. The smallest absolute Gasteiger partial charge is 0.143 e. The third-order valence-electron chi connectivity index (χ3n) is 4.54. The lowest BCUT2D eigenvalue weighted by Crippen LogP contribution is -2.31. The maximum Gasteiger partial charge on any atom is 0.143 e. The summed E-state index contributed by atoms with van der Waals surface area (Å²) in [5.74, 6) is 1.66. The molecule has 0 aliphatic heterocycles. The molecule has 0 bridgehead atoms. The summed E-state index contributed by atoms with van der Waals surface area (Å²) in [5.41, 5.74) is 0.784. The Kier molecular flexibility index (Phi) is 5.32. The predicted molar refractivity (Wildman–Crippen MR) is 87.1 cm³/mol. The summed E-state index contributed by atoms with van der Waals surface area (Å²) >= 11 is 6.07. The third kappa shape index (κ3) is 3.79. The van der Waals surface area contributed by atoms with Gasteiger partial charge in [0.2, 0.25) is 0 Å². The molecule has 0 atom stereocenters. The van der Waals surface area contributed by atoms with E-state index in [1.165, 1.54) is 12.8 Å². The van der Waals surface area contributed by atoms with E-state index in [1.807, 2.05) is 12.1 Å². The standard InChI is InChI=1S/C18H25ClO2/c1-13(2)12-18(8-4-5-9-18)17(20)11-14-10-15(19)6-7-16(14)21-3/h6-7,10,13H,4-5,8-9,11-12H2,1-3H3. The number of Topliss-reactive ketones (excluding diaryl/α,β-unsaturated/α-hetero) is 1. The lowest BCUT2D eigenvalue weighted by molar-refractivity contribution is -0.128. The van der Waals surface area contributed by atoms with Crippen molar-refractivity contribution in [1.29, 1.82) is 0 Å². The van der Waals surface area contributed by atoms with Crippen molar-refractivity contribution in [3.05, 3.63) is 28.8 Å². The summed E-state index contributed by atoms with van der Waals surface area (Å²) < 4.78 is 5.37. The van der Waals surface area contributed by atoms with Crippen LogP contribution in [0.4, 0.5) is 0 Å². The van der Waals surface area contributed by atoms with Crippen LogP contribution in [0, 0.1) is 11.3 Å². The zero-order valence-corrected chi connectivity index (χ0v) is 14.0. The van der Waals surface area contributed by atoms with Crippen molar-refractivity contribution in [2.24, 2.45) is 11.3 Å². The molecular weight excluding hydrogens is 284 g/mol. The second-order valence-corrected chi connectivity index (χ2v) is 7.08. The van der Waals surface area contributed by atoms with Gasteiger partial charge in [0.15, 0.2) is 0 Å². The molecule has 1 aromatic rings. The van der Waals surface area contributed by atoms with Gasteiger partial charge in [-0.2, -0.15) is 0 Å². The van der Waals surface area contributed by atoms with Crippen LogP contribution in [0.1, 0.15) is 51.5 Å². The Morgan fingerprint density at radius 3 is 2.57 bits per heavy atom. The van der Waals surface area contributed by atoms with Gasteiger partial charge in [-0.25, -0.2) is 0 Å². The predicted octanol–water partition coefficient (Wildman–Crippen LogP) is 5.07. The summed E-state index contributed by atoms with van der Waals surface area (Å²) in [7, 11) is 1.64. The number of hydrogen-bond acceptors (Lipinski definition) is 2. The van der Waals surface area contributed by atoms with Gasteiger partial charge in [0.05, 0.1) is 7.11 Å². The fourth-order valence-electron chi connectivity index (χ4n) is 3.68. The van der Waals surface area contributed by atoms with Gasteiger partial charge in [0, 0.05) is 22.4 Å². The molecule has 21 heavy (non-hydrogen) atoms. The van der Waals surface area contributed by atoms with Crippen LogP contribution in [0.5, 0.6) is 5.75 Å². The first kappa shape index (κ1) is 16.4. The lowest BCUT2D eigenvalue weighted by Gasteiger charge is -2.29. The highest BCUT2D eigenvalue weighted by atomic mass is 35.5. The van der Waals surface area contributed by atoms with Gasteiger partial charge in [0.25, 0.3) is 0 Å². The highest BCUT2D eigenvalue weighted by molar-refractivity contribution is 6.30. The second kappa shape index (κ2) is 6.83. The molecule has 0 saturated heterocycles. The Labute approximate surface area is 132 Å². The number of rotatable bonds is 6. The molecule has 1 aliphatic rings. The first-order valence-corrected chi connectivity index (χ1v) is 8.20. The molecule has 0 N–H and O–H groups in total. The van der Waals surface area contributed by atoms with E-state index in [-0.39, 0.29) is 5.41 Å². The molecule has 0 amide bonds. The fourth-order valence-corrected chi connectivity index (χ4v) is 3.87. The Morgan fingerprint density at radius 2 is 2.00 bits per heavy atom. The van der Waals surface area contributed by atoms with Gasteiger partial charge in [-0.15, -0.1) is 0 Å². The van der Waals surface area contributed by atoms with Gasteiger partial charge in [-0.05, 0) is 43.4 Å². The van der Waals surface area contributed by atoms with Crippen molar-refractivity contribution in [2.75, 3.05) is 7.11 Å². The first-order valence-electron chi connectivity index (χ1n) is 7.82. The quantitative estimate of drug-likeness (QED) is 0.733. The van der Waals surface area contributed by atoms with Crippen LogP contribution in [0.2, 0.25) is 5.02 Å². The molecule has 1 aliphatic carbocycles. The summed E-state index contributed by atoms with van der Waals surface area (Å²) in [6.07, 6.45) is 5.83. The summed E-state index contributed by atoms with van der Waals surface area (Å²) in [6.45, 7) is 4.40. The van der Waals surface area contributed by atoms with Gasteiger partial charge >= 0.3 is 0 Å². The largest absolute Gasteiger partial charge is 0.496 e. The zero-order valence-electron chi connectivity index (χ0n) is 13.2. The number of methoxy groups -OCH3 is 1. The molecule has 3 heteroatoms. The maximum absolute atomic E-state index is 13.0. The number of carbonyl (C=O) groups excluding carboxylic acids is 1. The monoisotopic (exact) mass is 308 g/mol. The summed E-state index contributed by atoms with van der Waals surface area (Å²) in [5, 5.41) is 0.655. The normalized spacial score (nSPS) is 17.2. The van der Waals surface area contributed by atoms with E-state index in [0.29, 0.717) is 23.1 Å². The van der Waals surface area contributed by atoms with E-state index in [2.05, 4.69) is 13.8 Å². The van der Waals surface area contributed by atoms with Crippen LogP contribution < -0.4 is 4.74 Å². The van der Waals surface area contributed by atoms with Crippen LogP contribution in [0.15, 0.2) is 18.2 Å². The highest BCUT2D eigenvalue weighted by Crippen LogP contribution is 2.45. The van der Waals surface area contributed by atoms with Crippen molar-refractivity contribution < 1.29 is 9.53 Å². The topological polar surface area (TPSA) is 26.3 Å². The summed E-state index contributed by atoms with van der Waals surface area (Å²) in [6, 6.07) is 5.50. The molecule has 116 valence electrons. The fraction of sp³-hybridized carbons (Fsp3) is 0.611. The van der Waals surface area contributed by atoms with Crippen molar-refractivity contribution in [3.63, 3.8) is 0 Å². The molecule has 0 radical (unpaired) electrons. The first-order chi connectivity index (χ1) is 9.97. The number of ether oxygens (including phenoxy) is 1. The molecule has 1 aromatic carbocycles. The van der Waals surface area contributed by atoms with E-state index < -0.39 is 0 Å². The highest BCUT2D eigenvalue weighted by Gasteiger charge is 2.40. The molecule has 0 heterocycles. The number of halogens is 1. The second-order valence-electron chi connectivity index (χ2n) is 6.64. The Hall–Kier alpha value is -1.02. The molecule has 2 nitrogen and oxygen atoms in total. The number of ketones is 1. The van der Waals surface area contributed by atoms with Crippen LogP contribution >= 0.6 is 11.6 Å². The molecule has 0 unspecified atom stereocenters. The minimum absolute atomic E-state index is 0.124. The molecule has 0 spiro atoms. The van der Waals surface area contributed by atoms with E-state index in [9.17, 15) is 4.79 Å². The van der Waals surface area contributed by atoms with Gasteiger partial charge in [-0.1, -0.05) is 38.3 Å². The Morgan fingerprint density at radius 1 is 1.33 bits per heavy atom. The van der Waals surface area contributed by atoms with E-state index in [0.717, 1.165) is 30.6 Å². The van der Waals surface area contributed by atoms with Gasteiger partial charge in [0.1, 0.15) is 11.5 Å². The number of benzene rings is 1. The van der Waals surface area contributed by atoms with Crippen LogP contribution in [0.25, 0.3) is 0 Å². The van der Waals surface area contributed by atoms with Crippen LogP contribution in [0.3, 0.4) is 0 Å². The molecule has 1 fully saturated rings. The minimum atomic E-state index is -0.124. The minimum Gasteiger partial charge on any atom is -0.496 e. The van der Waals surface area contributed by atoms with Crippen molar-refractivity contribution >= 4 is 17.4 Å². The van der Waals surface area contributed by atoms with Crippen molar-refractivity contribution in [3.8, 4) is 5.75 Å². The van der Waals surface area contributed by atoms with Crippen LogP contribution in [-0.2, 0) is 11.2 Å². The Balaban J connectivity index is 2.21. The van der Waals surface area contributed by atoms with Crippen LogP contribution in [-0.4, -0.2) is 12.9 Å². The third-order valence-corrected chi connectivity index (χ3v) is 4.78. The Bertz CT molecular complexity index is 502. The van der Waals surface area contributed by atoms with E-state index >= 15 is 0 Å². The maximum atomic E-state index is 13.0. The average Bonchev–Trinajstić information content (AvgIpc) is 2.88. The molecule has 2 rings (SSSR count). The van der Waals surface area contributed by atoms with E-state index in [4.69, 9.17) is 16.3 Å². The number of hydrogen-bond donors (Lipinski definition) is 0. The SMILES string of the molecule is COc1ccc(Cl)cc1CC(=O)C1(CC(C)C)CCCC1. The van der Waals surface area contributed by atoms with Gasteiger partial charge < -0.3 is 4.74 Å². The van der Waals surface area contributed by atoms with E-state index in [1.54, 1.807) is 13.2 Å². The molecular formula is C18H25ClO2.